The molecule has 1 fully saturated rings. The number of primary amides is 1. The number of nitrogen functional groups attached to an aromatic ring is 2. The second kappa shape index (κ2) is 4.10. The van der Waals surface area contributed by atoms with Crippen LogP contribution in [0.4, 0.5) is 17.3 Å². The predicted molar refractivity (Wildman–Crippen MR) is 64.0 cm³/mol. The molecule has 0 spiro atoms. The average molecular weight is 237 g/mol. The van der Waals surface area contributed by atoms with E-state index in [2.05, 4.69) is 4.98 Å². The molecule has 2 heterocycles. The molecule has 2 rings (SSSR count). The molecule has 92 valence electrons. The predicted octanol–water partition coefficient (Wildman–Crippen LogP) is -1.33. The summed E-state index contributed by atoms with van der Waals surface area (Å²) < 4.78 is 0. The van der Waals surface area contributed by atoms with Gasteiger partial charge >= 0.3 is 0 Å². The Labute approximate surface area is 98.2 Å². The molecule has 1 aromatic heterocycles. The second-order valence-corrected chi connectivity index (χ2v) is 4.10. The van der Waals surface area contributed by atoms with Gasteiger partial charge in [0.2, 0.25) is 5.91 Å². The lowest BCUT2D eigenvalue weighted by Gasteiger charge is -2.23. The van der Waals surface area contributed by atoms with Crippen LogP contribution in [0.5, 0.6) is 0 Å². The third-order valence-corrected chi connectivity index (χ3v) is 2.84. The average Bonchev–Trinajstić information content (AvgIpc) is 2.64. The molecule has 7 nitrogen and oxygen atoms in total. The van der Waals surface area contributed by atoms with Crippen LogP contribution in [0.25, 0.3) is 0 Å². The second-order valence-electron chi connectivity index (χ2n) is 4.10. The van der Waals surface area contributed by atoms with Crippen molar-refractivity contribution in [1.82, 2.24) is 4.98 Å². The quantitative estimate of drug-likeness (QED) is 0.504. The van der Waals surface area contributed by atoms with Crippen molar-refractivity contribution in [1.29, 1.82) is 0 Å². The van der Waals surface area contributed by atoms with Crippen molar-refractivity contribution in [3.05, 3.63) is 12.1 Å². The Balaban J connectivity index is 2.31. The molecule has 0 aromatic carbocycles. The van der Waals surface area contributed by atoms with Crippen LogP contribution in [0.2, 0.25) is 0 Å². The summed E-state index contributed by atoms with van der Waals surface area (Å²) in [5.41, 5.74) is 16.8. The van der Waals surface area contributed by atoms with Gasteiger partial charge in [0.25, 0.3) is 0 Å². The van der Waals surface area contributed by atoms with Gasteiger partial charge < -0.3 is 27.2 Å². The summed E-state index contributed by atoms with van der Waals surface area (Å²) >= 11 is 0. The summed E-state index contributed by atoms with van der Waals surface area (Å²) in [5.74, 6) is 0.211. The molecule has 0 aliphatic carbocycles. The molecule has 0 saturated carbocycles. The number of anilines is 3. The van der Waals surface area contributed by atoms with Crippen molar-refractivity contribution < 1.29 is 9.90 Å². The zero-order chi connectivity index (χ0) is 12.6. The molecule has 0 bridgehead atoms. The molecule has 1 aromatic rings. The highest BCUT2D eigenvalue weighted by molar-refractivity contribution is 5.84. The van der Waals surface area contributed by atoms with E-state index in [4.69, 9.17) is 17.2 Å². The number of carbonyl (C=O) groups excluding carboxylic acids is 1. The van der Waals surface area contributed by atoms with Crippen molar-refractivity contribution in [2.75, 3.05) is 22.9 Å². The van der Waals surface area contributed by atoms with Gasteiger partial charge in [-0.3, -0.25) is 4.79 Å². The van der Waals surface area contributed by atoms with Gasteiger partial charge in [0.1, 0.15) is 17.7 Å². The van der Waals surface area contributed by atoms with Gasteiger partial charge in [0.05, 0.1) is 11.8 Å². The molecule has 0 radical (unpaired) electrons. The molecule has 7 heteroatoms. The zero-order valence-corrected chi connectivity index (χ0v) is 9.21. The van der Waals surface area contributed by atoms with Crippen molar-refractivity contribution >= 4 is 23.2 Å². The van der Waals surface area contributed by atoms with Gasteiger partial charge in [-0.2, -0.15) is 0 Å². The summed E-state index contributed by atoms with van der Waals surface area (Å²) in [5, 5.41) is 9.57. The van der Waals surface area contributed by atoms with Gasteiger partial charge in [-0.05, 0) is 12.1 Å². The highest BCUT2D eigenvalue weighted by Gasteiger charge is 2.35. The van der Waals surface area contributed by atoms with E-state index >= 15 is 0 Å². The maximum Gasteiger partial charge on any atom is 0.240 e. The van der Waals surface area contributed by atoms with Crippen LogP contribution in [0.15, 0.2) is 12.1 Å². The summed E-state index contributed by atoms with van der Waals surface area (Å²) in [7, 11) is 0. The lowest BCUT2D eigenvalue weighted by molar-refractivity contribution is -0.119. The first-order chi connectivity index (χ1) is 7.99. The lowest BCUT2D eigenvalue weighted by Crippen LogP contribution is -2.40. The van der Waals surface area contributed by atoms with E-state index in [1.807, 2.05) is 0 Å². The number of amides is 1. The molecule has 1 saturated heterocycles. The number of β-amino-alcohol motifs (C(OH)–C–C–N with tert-alkyl or cyclic N) is 1. The van der Waals surface area contributed by atoms with E-state index < -0.39 is 18.1 Å². The third kappa shape index (κ3) is 2.09. The van der Waals surface area contributed by atoms with Gasteiger partial charge in [0.15, 0.2) is 0 Å². The fraction of sp³-hybridized carbons (Fsp3) is 0.400. The molecule has 1 amide bonds. The number of aromatic nitrogens is 1. The summed E-state index contributed by atoms with van der Waals surface area (Å²) in [6, 6.07) is 2.71. The number of nitrogens with two attached hydrogens (primary N) is 3. The SMILES string of the molecule is NC(=O)C1CC(O)CN1c1ccc(N)c(N)n1. The fourth-order valence-electron chi connectivity index (χ4n) is 1.97. The summed E-state index contributed by atoms with van der Waals surface area (Å²) in [4.78, 5) is 17.0. The van der Waals surface area contributed by atoms with E-state index in [-0.39, 0.29) is 5.82 Å². The number of aliphatic hydroxyl groups excluding tert-OH is 1. The monoisotopic (exact) mass is 237 g/mol. The molecule has 1 aliphatic rings. The Hall–Kier alpha value is -2.02. The number of aliphatic hydroxyl groups is 1. The van der Waals surface area contributed by atoms with Crippen LogP contribution in [-0.4, -0.2) is 34.7 Å². The minimum Gasteiger partial charge on any atom is -0.396 e. The third-order valence-electron chi connectivity index (χ3n) is 2.84. The first kappa shape index (κ1) is 11.5. The highest BCUT2D eigenvalue weighted by atomic mass is 16.3. The highest BCUT2D eigenvalue weighted by Crippen LogP contribution is 2.26. The number of pyridine rings is 1. The Morgan fingerprint density at radius 1 is 1.47 bits per heavy atom. The van der Waals surface area contributed by atoms with Gasteiger partial charge in [0, 0.05) is 13.0 Å². The first-order valence-electron chi connectivity index (χ1n) is 5.25. The van der Waals surface area contributed by atoms with E-state index in [1.165, 1.54) is 0 Å². The number of rotatable bonds is 2. The zero-order valence-electron chi connectivity index (χ0n) is 9.21. The molecular formula is C10H15N5O2. The van der Waals surface area contributed by atoms with Crippen molar-refractivity contribution in [2.24, 2.45) is 5.73 Å². The Morgan fingerprint density at radius 3 is 2.76 bits per heavy atom. The fourth-order valence-corrected chi connectivity index (χ4v) is 1.97. The summed E-state index contributed by atoms with van der Waals surface area (Å²) in [6.07, 6.45) is -0.283. The minimum absolute atomic E-state index is 0.201. The van der Waals surface area contributed by atoms with Gasteiger partial charge in [-0.1, -0.05) is 0 Å². The number of hydrogen-bond donors (Lipinski definition) is 4. The Morgan fingerprint density at radius 2 is 2.18 bits per heavy atom. The number of hydrogen-bond acceptors (Lipinski definition) is 6. The van der Waals surface area contributed by atoms with Gasteiger partial charge in [-0.25, -0.2) is 4.98 Å². The Bertz CT molecular complexity index is 450. The van der Waals surface area contributed by atoms with Crippen LogP contribution in [0.3, 0.4) is 0 Å². The molecule has 17 heavy (non-hydrogen) atoms. The molecule has 2 unspecified atom stereocenters. The minimum atomic E-state index is -0.590. The number of carbonyl (C=O) groups is 1. The summed E-state index contributed by atoms with van der Waals surface area (Å²) in [6.45, 7) is 0.309. The van der Waals surface area contributed by atoms with E-state index in [0.29, 0.717) is 24.5 Å². The molecule has 1 aliphatic heterocycles. The van der Waals surface area contributed by atoms with Crippen LogP contribution in [0.1, 0.15) is 6.42 Å². The van der Waals surface area contributed by atoms with Crippen molar-refractivity contribution in [3.63, 3.8) is 0 Å². The topological polar surface area (TPSA) is 131 Å². The largest absolute Gasteiger partial charge is 0.396 e. The maximum atomic E-state index is 11.3. The standard InChI is InChI=1S/C10H15N5O2/c11-6-1-2-8(14-9(6)12)15-4-5(16)3-7(15)10(13)17/h1-2,5,7,16H,3-4,11H2,(H2,12,14)(H2,13,17). The van der Waals surface area contributed by atoms with Crippen LogP contribution in [-0.2, 0) is 4.79 Å². The molecule has 2 atom stereocenters. The normalized spacial score (nSPS) is 23.9. The van der Waals surface area contributed by atoms with Crippen LogP contribution < -0.4 is 22.1 Å². The van der Waals surface area contributed by atoms with Crippen molar-refractivity contribution in [3.8, 4) is 0 Å². The lowest BCUT2D eigenvalue weighted by atomic mass is 10.2. The molecule has 7 N–H and O–H groups in total. The van der Waals surface area contributed by atoms with Gasteiger partial charge in [-0.15, -0.1) is 0 Å². The van der Waals surface area contributed by atoms with Crippen LogP contribution >= 0.6 is 0 Å². The van der Waals surface area contributed by atoms with E-state index in [0.717, 1.165) is 0 Å². The Kier molecular flexibility index (Phi) is 2.76. The maximum absolute atomic E-state index is 11.3. The smallest absolute Gasteiger partial charge is 0.240 e. The first-order valence-corrected chi connectivity index (χ1v) is 5.25. The number of nitrogens with zero attached hydrogens (tertiary/aromatic N) is 2. The van der Waals surface area contributed by atoms with E-state index in [1.54, 1.807) is 17.0 Å². The van der Waals surface area contributed by atoms with Crippen LogP contribution in [0, 0.1) is 0 Å². The van der Waals surface area contributed by atoms with Crippen molar-refractivity contribution in [2.45, 2.75) is 18.6 Å². The molecular weight excluding hydrogens is 222 g/mol. The van der Waals surface area contributed by atoms with E-state index in [9.17, 15) is 9.90 Å².